The topological polar surface area (TPSA) is 99.7 Å². The van der Waals surface area contributed by atoms with Gasteiger partial charge in [-0.25, -0.2) is 9.67 Å². The van der Waals surface area contributed by atoms with Gasteiger partial charge < -0.3 is 5.11 Å². The van der Waals surface area contributed by atoms with E-state index < -0.39 is 6.10 Å². The van der Waals surface area contributed by atoms with Crippen molar-refractivity contribution in [3.8, 4) is 0 Å². The molecule has 1 aliphatic carbocycles. The molecule has 0 saturated heterocycles. The molecular weight excluding hydrogens is 276 g/mol. The van der Waals surface area contributed by atoms with Gasteiger partial charge in [0.25, 0.3) is 0 Å². The molecule has 0 bridgehead atoms. The molecule has 7 nitrogen and oxygen atoms in total. The van der Waals surface area contributed by atoms with Crippen molar-refractivity contribution in [3.63, 3.8) is 0 Å². The first kappa shape index (κ1) is 11.4. The Bertz CT molecular complexity index is 414. The van der Waals surface area contributed by atoms with Gasteiger partial charge in [-0.1, -0.05) is 11.5 Å². The van der Waals surface area contributed by atoms with E-state index in [1.54, 1.807) is 11.0 Å². The van der Waals surface area contributed by atoms with Gasteiger partial charge in [-0.05, 0) is 34.3 Å². The zero-order chi connectivity index (χ0) is 11.5. The molecule has 0 unspecified atom stereocenters. The molecule has 1 fully saturated rings. The molecule has 1 aliphatic rings. The van der Waals surface area contributed by atoms with Gasteiger partial charge in [0.1, 0.15) is 6.33 Å². The van der Waals surface area contributed by atoms with E-state index in [0.717, 1.165) is 19.3 Å². The normalized spacial score (nSPS) is 29.8. The monoisotopic (exact) mass is 286 g/mol. The van der Waals surface area contributed by atoms with Crippen molar-refractivity contribution >= 4 is 15.9 Å². The van der Waals surface area contributed by atoms with E-state index in [1.807, 2.05) is 0 Å². The number of nitrogens with zero attached hydrogens (tertiary/aromatic N) is 6. The highest BCUT2D eigenvalue weighted by molar-refractivity contribution is 9.10. The van der Waals surface area contributed by atoms with E-state index in [2.05, 4.69) is 36.0 Å². The standard InChI is InChI=1S/C8H11BrN6O/c9-8-11-4-15(13-8)6-3-1-2-5(7(6)16)12-14-10/h4-7,16H,1-3H2/t5-,6+,7+/m1/s1. The summed E-state index contributed by atoms with van der Waals surface area (Å²) in [7, 11) is 0. The average Bonchev–Trinajstić information content (AvgIpc) is 2.68. The second-order valence-electron chi connectivity index (χ2n) is 3.75. The lowest BCUT2D eigenvalue weighted by Crippen LogP contribution is -2.37. The van der Waals surface area contributed by atoms with Crippen LogP contribution >= 0.6 is 15.9 Å². The Labute approximate surface area is 100 Å². The third-order valence-corrected chi connectivity index (χ3v) is 3.17. The van der Waals surface area contributed by atoms with Gasteiger partial charge in [0, 0.05) is 4.91 Å². The summed E-state index contributed by atoms with van der Waals surface area (Å²) >= 11 is 3.16. The van der Waals surface area contributed by atoms with Crippen molar-refractivity contribution in [1.29, 1.82) is 0 Å². The molecule has 0 amide bonds. The van der Waals surface area contributed by atoms with E-state index >= 15 is 0 Å². The lowest BCUT2D eigenvalue weighted by molar-refractivity contribution is 0.0514. The molecule has 8 heteroatoms. The number of azide groups is 1. The van der Waals surface area contributed by atoms with E-state index in [0.29, 0.717) is 4.73 Å². The van der Waals surface area contributed by atoms with Gasteiger partial charge in [-0.3, -0.25) is 0 Å². The molecule has 1 aromatic rings. The first-order chi connectivity index (χ1) is 7.72. The van der Waals surface area contributed by atoms with Crippen LogP contribution in [0.25, 0.3) is 10.4 Å². The van der Waals surface area contributed by atoms with Gasteiger partial charge in [-0.2, -0.15) is 0 Å². The van der Waals surface area contributed by atoms with Crippen LogP contribution in [0.1, 0.15) is 25.3 Å². The van der Waals surface area contributed by atoms with E-state index in [1.165, 1.54) is 0 Å². The molecule has 86 valence electrons. The number of aliphatic hydroxyl groups excluding tert-OH is 1. The molecule has 1 aromatic heterocycles. The third kappa shape index (κ3) is 2.18. The minimum absolute atomic E-state index is 0.164. The summed E-state index contributed by atoms with van der Waals surface area (Å²) in [6, 6.07) is -0.533. The Morgan fingerprint density at radius 1 is 1.62 bits per heavy atom. The minimum atomic E-state index is -0.696. The highest BCUT2D eigenvalue weighted by atomic mass is 79.9. The van der Waals surface area contributed by atoms with Crippen LogP contribution in [0, 0.1) is 0 Å². The van der Waals surface area contributed by atoms with Gasteiger partial charge in [0.2, 0.25) is 4.73 Å². The number of hydrogen-bond acceptors (Lipinski definition) is 4. The Morgan fingerprint density at radius 3 is 3.06 bits per heavy atom. The fraction of sp³-hybridized carbons (Fsp3) is 0.750. The Morgan fingerprint density at radius 2 is 2.44 bits per heavy atom. The predicted molar refractivity (Wildman–Crippen MR) is 59.6 cm³/mol. The highest BCUT2D eigenvalue weighted by Gasteiger charge is 2.32. The molecule has 3 atom stereocenters. The molecule has 0 radical (unpaired) electrons. The van der Waals surface area contributed by atoms with Crippen LogP contribution in [0.5, 0.6) is 0 Å². The van der Waals surface area contributed by atoms with Crippen LogP contribution in [0.3, 0.4) is 0 Å². The summed E-state index contributed by atoms with van der Waals surface area (Å²) in [5.74, 6) is 0. The molecule has 2 rings (SSSR count). The van der Waals surface area contributed by atoms with E-state index in [-0.39, 0.29) is 12.1 Å². The van der Waals surface area contributed by atoms with Crippen LogP contribution in [-0.4, -0.2) is 32.0 Å². The van der Waals surface area contributed by atoms with E-state index in [4.69, 9.17) is 5.53 Å². The lowest BCUT2D eigenvalue weighted by Gasteiger charge is -2.31. The molecule has 1 N–H and O–H groups in total. The van der Waals surface area contributed by atoms with Gasteiger partial charge in [0.15, 0.2) is 0 Å². The number of aromatic nitrogens is 3. The molecule has 0 aromatic carbocycles. The molecule has 0 aliphatic heterocycles. The maximum absolute atomic E-state index is 10.1. The van der Waals surface area contributed by atoms with Crippen LogP contribution in [0.15, 0.2) is 16.2 Å². The van der Waals surface area contributed by atoms with Gasteiger partial charge in [0.05, 0.1) is 18.2 Å². The number of aliphatic hydroxyl groups is 1. The van der Waals surface area contributed by atoms with E-state index in [9.17, 15) is 5.11 Å². The van der Waals surface area contributed by atoms with Crippen LogP contribution in [0.2, 0.25) is 0 Å². The Hall–Kier alpha value is -1.11. The summed E-state index contributed by atoms with van der Waals surface area (Å²) in [4.78, 5) is 6.70. The highest BCUT2D eigenvalue weighted by Crippen LogP contribution is 2.30. The van der Waals surface area contributed by atoms with Gasteiger partial charge in [-0.15, -0.1) is 5.10 Å². The summed E-state index contributed by atoms with van der Waals surface area (Å²) in [5.41, 5.74) is 8.40. The first-order valence-electron chi connectivity index (χ1n) is 5.01. The fourth-order valence-electron chi connectivity index (χ4n) is 2.03. The Balaban J connectivity index is 2.18. The maximum Gasteiger partial charge on any atom is 0.217 e. The number of rotatable bonds is 2. The minimum Gasteiger partial charge on any atom is -0.390 e. The molecule has 16 heavy (non-hydrogen) atoms. The van der Waals surface area contributed by atoms with Crippen LogP contribution in [0.4, 0.5) is 0 Å². The average molecular weight is 287 g/mol. The van der Waals surface area contributed by atoms with Crippen molar-refractivity contribution in [2.75, 3.05) is 0 Å². The van der Waals surface area contributed by atoms with Crippen molar-refractivity contribution < 1.29 is 5.11 Å². The fourth-order valence-corrected chi connectivity index (χ4v) is 2.30. The summed E-state index contributed by atoms with van der Waals surface area (Å²) in [5, 5.41) is 17.8. The van der Waals surface area contributed by atoms with Crippen molar-refractivity contribution in [2.24, 2.45) is 5.11 Å². The number of hydrogen-bond donors (Lipinski definition) is 1. The number of halogens is 1. The first-order valence-corrected chi connectivity index (χ1v) is 5.80. The van der Waals surface area contributed by atoms with Crippen molar-refractivity contribution in [3.05, 3.63) is 21.5 Å². The second kappa shape index (κ2) is 4.82. The third-order valence-electron chi connectivity index (χ3n) is 2.81. The van der Waals surface area contributed by atoms with Crippen molar-refractivity contribution in [1.82, 2.24) is 14.8 Å². The zero-order valence-electron chi connectivity index (χ0n) is 8.44. The summed E-state index contributed by atoms with van der Waals surface area (Å²) in [6.45, 7) is 0. The predicted octanol–water partition coefficient (Wildman–Crippen LogP) is 1.81. The summed E-state index contributed by atoms with van der Waals surface area (Å²) < 4.78 is 2.11. The lowest BCUT2D eigenvalue weighted by atomic mass is 9.89. The Kier molecular flexibility index (Phi) is 3.42. The summed E-state index contributed by atoms with van der Waals surface area (Å²) in [6.07, 6.45) is 3.31. The largest absolute Gasteiger partial charge is 0.390 e. The zero-order valence-corrected chi connectivity index (χ0v) is 10.0. The molecule has 0 spiro atoms. The molecule has 1 saturated carbocycles. The smallest absolute Gasteiger partial charge is 0.217 e. The second-order valence-corrected chi connectivity index (χ2v) is 4.46. The maximum atomic E-state index is 10.1. The van der Waals surface area contributed by atoms with Crippen LogP contribution in [-0.2, 0) is 0 Å². The SMILES string of the molecule is [N-]=[N+]=N[C@@H]1CCC[C@H](n2cnc(Br)n2)[C@H]1O. The molecular formula is C8H11BrN6O. The van der Waals surface area contributed by atoms with Crippen LogP contribution < -0.4 is 0 Å². The molecule has 1 heterocycles. The quantitative estimate of drug-likeness (QED) is 0.510. The van der Waals surface area contributed by atoms with Gasteiger partial charge >= 0.3 is 0 Å². The van der Waals surface area contributed by atoms with Crippen molar-refractivity contribution in [2.45, 2.75) is 37.5 Å².